The summed E-state index contributed by atoms with van der Waals surface area (Å²) in [5.74, 6) is 0.942. The van der Waals surface area contributed by atoms with Gasteiger partial charge < -0.3 is 14.8 Å². The molecule has 0 saturated carbocycles. The molecule has 1 N–H and O–H groups in total. The van der Waals surface area contributed by atoms with Gasteiger partial charge in [-0.2, -0.15) is 10.1 Å². The molecule has 2 aromatic rings. The molecule has 0 amide bonds. The molecule has 2 heterocycles. The smallest absolute Gasteiger partial charge is 0.338 e. The standard InChI is InChI=1S/C18H20N4O3/c1-4-10-25-17(23)15-12(3)21-18-19-11-20-22(18)16(15)13-6-8-14(9-7-13)24-5-2/h4,6-9,11,16H,1,5,10H2,2-3H3,(H,19,20,21). The van der Waals surface area contributed by atoms with E-state index in [1.165, 1.54) is 12.4 Å². The maximum absolute atomic E-state index is 12.6. The van der Waals surface area contributed by atoms with Crippen LogP contribution in [0.5, 0.6) is 5.75 Å². The SMILES string of the molecule is C=CCOC(=O)C1=C(C)Nc2ncnn2C1c1ccc(OCC)cc1. The molecular weight excluding hydrogens is 320 g/mol. The van der Waals surface area contributed by atoms with Gasteiger partial charge in [0, 0.05) is 5.70 Å². The third kappa shape index (κ3) is 3.26. The maximum atomic E-state index is 12.6. The van der Waals surface area contributed by atoms with Crippen LogP contribution in [0, 0.1) is 0 Å². The van der Waals surface area contributed by atoms with E-state index < -0.39 is 12.0 Å². The minimum Gasteiger partial charge on any atom is -0.494 e. The summed E-state index contributed by atoms with van der Waals surface area (Å²) in [6, 6.07) is 7.16. The third-order valence-electron chi connectivity index (χ3n) is 3.85. The number of nitrogens with one attached hydrogen (secondary N) is 1. The van der Waals surface area contributed by atoms with Gasteiger partial charge in [0.25, 0.3) is 0 Å². The van der Waals surface area contributed by atoms with Gasteiger partial charge in [-0.05, 0) is 31.5 Å². The summed E-state index contributed by atoms with van der Waals surface area (Å²) in [4.78, 5) is 16.8. The van der Waals surface area contributed by atoms with Crippen molar-refractivity contribution in [3.63, 3.8) is 0 Å². The highest BCUT2D eigenvalue weighted by atomic mass is 16.5. The fraction of sp³-hybridized carbons (Fsp3) is 0.278. The lowest BCUT2D eigenvalue weighted by Gasteiger charge is -2.28. The molecule has 0 spiro atoms. The lowest BCUT2D eigenvalue weighted by molar-refractivity contribution is -0.138. The number of hydrogen-bond donors (Lipinski definition) is 1. The molecule has 0 fully saturated rings. The number of rotatable bonds is 6. The first-order chi connectivity index (χ1) is 12.2. The fourth-order valence-electron chi connectivity index (χ4n) is 2.79. The second kappa shape index (κ2) is 7.21. The Bertz CT molecular complexity index is 808. The van der Waals surface area contributed by atoms with Crippen LogP contribution in [0.15, 0.2) is 54.5 Å². The lowest BCUT2D eigenvalue weighted by Crippen LogP contribution is -2.29. The van der Waals surface area contributed by atoms with Crippen molar-refractivity contribution in [1.82, 2.24) is 14.8 Å². The zero-order chi connectivity index (χ0) is 17.8. The van der Waals surface area contributed by atoms with Crippen molar-refractivity contribution in [2.24, 2.45) is 0 Å². The molecule has 1 atom stereocenters. The number of fused-ring (bicyclic) bond motifs is 1. The molecule has 1 aromatic carbocycles. The van der Waals surface area contributed by atoms with E-state index in [4.69, 9.17) is 9.47 Å². The summed E-state index contributed by atoms with van der Waals surface area (Å²) in [7, 11) is 0. The Kier molecular flexibility index (Phi) is 4.83. The molecular formula is C18H20N4O3. The normalized spacial score (nSPS) is 16.0. The van der Waals surface area contributed by atoms with Crippen LogP contribution >= 0.6 is 0 Å². The Morgan fingerprint density at radius 3 is 2.84 bits per heavy atom. The van der Waals surface area contributed by atoms with Crippen LogP contribution in [0.25, 0.3) is 0 Å². The predicted octanol–water partition coefficient (Wildman–Crippen LogP) is 2.69. The van der Waals surface area contributed by atoms with Crippen molar-refractivity contribution in [1.29, 1.82) is 0 Å². The van der Waals surface area contributed by atoms with E-state index in [-0.39, 0.29) is 6.61 Å². The van der Waals surface area contributed by atoms with Gasteiger partial charge in [0.1, 0.15) is 24.7 Å². The van der Waals surface area contributed by atoms with Crippen molar-refractivity contribution in [3.05, 3.63) is 60.1 Å². The Labute approximate surface area is 146 Å². The van der Waals surface area contributed by atoms with E-state index in [9.17, 15) is 4.79 Å². The van der Waals surface area contributed by atoms with Crippen LogP contribution in [0.3, 0.4) is 0 Å². The molecule has 7 heteroatoms. The number of allylic oxidation sites excluding steroid dienone is 1. The van der Waals surface area contributed by atoms with Crippen LogP contribution in [0.2, 0.25) is 0 Å². The summed E-state index contributed by atoms with van der Waals surface area (Å²) in [5.41, 5.74) is 2.07. The van der Waals surface area contributed by atoms with Gasteiger partial charge in [0.05, 0.1) is 12.2 Å². The van der Waals surface area contributed by atoms with E-state index in [0.717, 1.165) is 11.3 Å². The van der Waals surface area contributed by atoms with Crippen LogP contribution < -0.4 is 10.1 Å². The molecule has 1 aliphatic heterocycles. The number of esters is 1. The van der Waals surface area contributed by atoms with Crippen LogP contribution in [0.4, 0.5) is 5.95 Å². The number of carbonyl (C=O) groups excluding carboxylic acids is 1. The average Bonchev–Trinajstić information content (AvgIpc) is 3.07. The van der Waals surface area contributed by atoms with Gasteiger partial charge in [0.2, 0.25) is 5.95 Å². The molecule has 7 nitrogen and oxygen atoms in total. The molecule has 1 aliphatic rings. The molecule has 130 valence electrons. The highest BCUT2D eigenvalue weighted by Crippen LogP contribution is 2.35. The second-order valence-electron chi connectivity index (χ2n) is 5.48. The second-order valence-corrected chi connectivity index (χ2v) is 5.48. The molecule has 3 rings (SSSR count). The van der Waals surface area contributed by atoms with Crippen LogP contribution in [-0.4, -0.2) is 33.9 Å². The maximum Gasteiger partial charge on any atom is 0.338 e. The van der Waals surface area contributed by atoms with Crippen molar-refractivity contribution >= 4 is 11.9 Å². The minimum atomic E-state index is -0.424. The zero-order valence-electron chi connectivity index (χ0n) is 14.2. The van der Waals surface area contributed by atoms with Crippen LogP contribution in [0.1, 0.15) is 25.5 Å². The van der Waals surface area contributed by atoms with Crippen LogP contribution in [-0.2, 0) is 9.53 Å². The summed E-state index contributed by atoms with van der Waals surface area (Å²) in [6.45, 7) is 8.08. The summed E-state index contributed by atoms with van der Waals surface area (Å²) < 4.78 is 12.4. The van der Waals surface area contributed by atoms with Crippen molar-refractivity contribution in [3.8, 4) is 5.75 Å². The van der Waals surface area contributed by atoms with Gasteiger partial charge >= 0.3 is 5.97 Å². The van der Waals surface area contributed by atoms with Crippen molar-refractivity contribution in [2.75, 3.05) is 18.5 Å². The molecule has 0 radical (unpaired) electrons. The summed E-state index contributed by atoms with van der Waals surface area (Å²) >= 11 is 0. The van der Waals surface area contributed by atoms with Gasteiger partial charge in [-0.25, -0.2) is 9.48 Å². The molecule has 0 aliphatic carbocycles. The van der Waals surface area contributed by atoms with E-state index in [1.807, 2.05) is 38.1 Å². The first-order valence-corrected chi connectivity index (χ1v) is 8.03. The van der Waals surface area contributed by atoms with Gasteiger partial charge in [0.15, 0.2) is 0 Å². The van der Waals surface area contributed by atoms with E-state index in [1.54, 1.807) is 4.68 Å². The van der Waals surface area contributed by atoms with E-state index in [0.29, 0.717) is 23.8 Å². The molecule has 1 aromatic heterocycles. The number of ether oxygens (including phenoxy) is 2. The van der Waals surface area contributed by atoms with Gasteiger partial charge in [-0.15, -0.1) is 0 Å². The number of hydrogen-bond acceptors (Lipinski definition) is 6. The lowest BCUT2D eigenvalue weighted by atomic mass is 9.96. The predicted molar refractivity (Wildman–Crippen MR) is 93.3 cm³/mol. The minimum absolute atomic E-state index is 0.149. The van der Waals surface area contributed by atoms with Gasteiger partial charge in [-0.3, -0.25) is 0 Å². The molecule has 0 bridgehead atoms. The molecule has 1 unspecified atom stereocenters. The Balaban J connectivity index is 2.02. The Hall–Kier alpha value is -3.09. The number of anilines is 1. The molecule has 0 saturated heterocycles. The largest absolute Gasteiger partial charge is 0.494 e. The highest BCUT2D eigenvalue weighted by Gasteiger charge is 2.34. The number of carbonyl (C=O) groups is 1. The van der Waals surface area contributed by atoms with E-state index >= 15 is 0 Å². The van der Waals surface area contributed by atoms with Crippen molar-refractivity contribution < 1.29 is 14.3 Å². The summed E-state index contributed by atoms with van der Waals surface area (Å²) in [5, 5.41) is 7.37. The third-order valence-corrected chi connectivity index (χ3v) is 3.85. The quantitative estimate of drug-likeness (QED) is 0.643. The van der Waals surface area contributed by atoms with Gasteiger partial charge in [-0.1, -0.05) is 24.8 Å². The number of benzene rings is 1. The van der Waals surface area contributed by atoms with Crippen molar-refractivity contribution in [2.45, 2.75) is 19.9 Å². The monoisotopic (exact) mass is 340 g/mol. The first-order valence-electron chi connectivity index (χ1n) is 8.03. The Morgan fingerprint density at radius 2 is 2.16 bits per heavy atom. The number of aromatic nitrogens is 3. The fourth-order valence-corrected chi connectivity index (χ4v) is 2.79. The number of nitrogens with zero attached hydrogens (tertiary/aromatic N) is 3. The topological polar surface area (TPSA) is 78.3 Å². The zero-order valence-corrected chi connectivity index (χ0v) is 14.2. The Morgan fingerprint density at radius 1 is 1.40 bits per heavy atom. The highest BCUT2D eigenvalue weighted by molar-refractivity contribution is 5.92. The first kappa shape index (κ1) is 16.8. The summed E-state index contributed by atoms with van der Waals surface area (Å²) in [6.07, 6.45) is 2.99. The van der Waals surface area contributed by atoms with E-state index in [2.05, 4.69) is 22.0 Å². The average molecular weight is 340 g/mol. The molecule has 25 heavy (non-hydrogen) atoms.